The monoisotopic (exact) mass is 248 g/mol. The van der Waals surface area contributed by atoms with Gasteiger partial charge in [-0.25, -0.2) is 4.52 Å². The molecular formula is C13H20N4O. The fourth-order valence-electron chi connectivity index (χ4n) is 1.79. The van der Waals surface area contributed by atoms with Crippen molar-refractivity contribution in [2.45, 2.75) is 33.4 Å². The molecule has 0 aliphatic rings. The predicted molar refractivity (Wildman–Crippen MR) is 71.8 cm³/mol. The Morgan fingerprint density at radius 1 is 1.33 bits per heavy atom. The van der Waals surface area contributed by atoms with Crippen LogP contribution in [0.25, 0.3) is 5.52 Å². The smallest absolute Gasteiger partial charge is 0.276 e. The third kappa shape index (κ3) is 2.61. The van der Waals surface area contributed by atoms with Crippen molar-refractivity contribution in [3.8, 4) is 0 Å². The summed E-state index contributed by atoms with van der Waals surface area (Å²) in [7, 11) is 0. The Hall–Kier alpha value is -1.62. The largest absolute Gasteiger partial charge is 0.312 e. The molecule has 0 saturated heterocycles. The second kappa shape index (κ2) is 5.35. The van der Waals surface area contributed by atoms with E-state index in [0.29, 0.717) is 24.0 Å². The van der Waals surface area contributed by atoms with Crippen LogP contribution < -0.4 is 10.9 Å². The Bertz CT molecular complexity index is 570. The summed E-state index contributed by atoms with van der Waals surface area (Å²) in [5.41, 5.74) is 0.628. The van der Waals surface area contributed by atoms with Crippen LogP contribution in [0.1, 0.15) is 20.8 Å². The number of hydrogen-bond donors (Lipinski definition) is 1. The molecule has 1 unspecified atom stereocenters. The van der Waals surface area contributed by atoms with E-state index in [9.17, 15) is 4.79 Å². The van der Waals surface area contributed by atoms with Crippen LogP contribution >= 0.6 is 0 Å². The minimum atomic E-state index is 0.00833. The maximum Gasteiger partial charge on any atom is 0.276 e. The van der Waals surface area contributed by atoms with Gasteiger partial charge in [0.15, 0.2) is 0 Å². The van der Waals surface area contributed by atoms with Crippen molar-refractivity contribution >= 4 is 5.52 Å². The van der Waals surface area contributed by atoms with E-state index in [1.165, 1.54) is 0 Å². The van der Waals surface area contributed by atoms with Gasteiger partial charge >= 0.3 is 0 Å². The van der Waals surface area contributed by atoms with Gasteiger partial charge in [-0.2, -0.15) is 5.10 Å². The van der Waals surface area contributed by atoms with E-state index in [2.05, 4.69) is 31.2 Å². The molecule has 5 heteroatoms. The third-order valence-electron chi connectivity index (χ3n) is 3.36. The molecule has 2 aromatic rings. The molecule has 0 aliphatic carbocycles. The lowest BCUT2D eigenvalue weighted by Gasteiger charge is -2.17. The normalized spacial score (nSPS) is 13.3. The number of nitrogens with one attached hydrogen (secondary N) is 1. The van der Waals surface area contributed by atoms with Gasteiger partial charge in [-0.15, -0.1) is 0 Å². The van der Waals surface area contributed by atoms with Gasteiger partial charge in [0, 0.05) is 31.5 Å². The van der Waals surface area contributed by atoms with Gasteiger partial charge in [0.1, 0.15) is 5.52 Å². The Kier molecular flexibility index (Phi) is 3.81. The maximum atomic E-state index is 12.1. The summed E-state index contributed by atoms with van der Waals surface area (Å²) in [5.74, 6) is 0.596. The van der Waals surface area contributed by atoms with Crippen LogP contribution in [-0.4, -0.2) is 26.8 Å². The SMILES string of the molecule is CC(C)C(C)NCCn1ccn2nccc2c1=O. The van der Waals surface area contributed by atoms with E-state index < -0.39 is 0 Å². The molecule has 0 aliphatic heterocycles. The summed E-state index contributed by atoms with van der Waals surface area (Å²) in [4.78, 5) is 12.1. The van der Waals surface area contributed by atoms with E-state index in [1.54, 1.807) is 27.5 Å². The number of hydrogen-bond acceptors (Lipinski definition) is 3. The molecule has 5 nitrogen and oxygen atoms in total. The Morgan fingerprint density at radius 3 is 2.83 bits per heavy atom. The van der Waals surface area contributed by atoms with Gasteiger partial charge < -0.3 is 9.88 Å². The Morgan fingerprint density at radius 2 is 2.11 bits per heavy atom. The molecule has 0 radical (unpaired) electrons. The van der Waals surface area contributed by atoms with Crippen LogP contribution in [0.2, 0.25) is 0 Å². The highest BCUT2D eigenvalue weighted by atomic mass is 16.1. The second-order valence-corrected chi connectivity index (χ2v) is 4.94. The van der Waals surface area contributed by atoms with E-state index in [0.717, 1.165) is 6.54 Å². The first-order chi connectivity index (χ1) is 8.59. The van der Waals surface area contributed by atoms with Crippen molar-refractivity contribution in [3.05, 3.63) is 35.0 Å². The average molecular weight is 248 g/mol. The standard InChI is InChI=1S/C13H20N4O/c1-10(2)11(3)14-6-7-16-8-9-17-12(13(16)18)4-5-15-17/h4-5,8-11,14H,6-7H2,1-3H3. The maximum absolute atomic E-state index is 12.1. The Balaban J connectivity index is 2.04. The summed E-state index contributed by atoms with van der Waals surface area (Å²) < 4.78 is 3.32. The van der Waals surface area contributed by atoms with Crippen molar-refractivity contribution in [3.63, 3.8) is 0 Å². The molecule has 0 aromatic carbocycles. The van der Waals surface area contributed by atoms with Crippen LogP contribution in [0, 0.1) is 5.92 Å². The number of fused-ring (bicyclic) bond motifs is 1. The topological polar surface area (TPSA) is 51.3 Å². The van der Waals surface area contributed by atoms with Crippen LogP contribution in [-0.2, 0) is 6.54 Å². The van der Waals surface area contributed by atoms with E-state index in [4.69, 9.17) is 0 Å². The molecule has 0 spiro atoms. The lowest BCUT2D eigenvalue weighted by molar-refractivity contribution is 0.415. The summed E-state index contributed by atoms with van der Waals surface area (Å²) in [6.45, 7) is 8.00. The quantitative estimate of drug-likeness (QED) is 0.863. The number of rotatable bonds is 5. The zero-order valence-corrected chi connectivity index (χ0v) is 11.1. The van der Waals surface area contributed by atoms with Crippen molar-refractivity contribution < 1.29 is 0 Å². The molecule has 1 N–H and O–H groups in total. The fraction of sp³-hybridized carbons (Fsp3) is 0.538. The highest BCUT2D eigenvalue weighted by Gasteiger charge is 2.06. The van der Waals surface area contributed by atoms with Gasteiger partial charge in [-0.3, -0.25) is 4.79 Å². The summed E-state index contributed by atoms with van der Waals surface area (Å²) in [6.07, 6.45) is 5.23. The first kappa shape index (κ1) is 12.8. The van der Waals surface area contributed by atoms with Gasteiger partial charge in [0.05, 0.1) is 6.20 Å². The van der Waals surface area contributed by atoms with Gasteiger partial charge in [0.2, 0.25) is 0 Å². The van der Waals surface area contributed by atoms with Gasteiger partial charge in [0.25, 0.3) is 5.56 Å². The molecular weight excluding hydrogens is 228 g/mol. The van der Waals surface area contributed by atoms with Crippen LogP contribution in [0.4, 0.5) is 0 Å². The first-order valence-electron chi connectivity index (χ1n) is 6.36. The Labute approximate surface area is 106 Å². The van der Waals surface area contributed by atoms with E-state index in [-0.39, 0.29) is 5.56 Å². The summed E-state index contributed by atoms with van der Waals surface area (Å²) in [5, 5.41) is 7.46. The highest BCUT2D eigenvalue weighted by Crippen LogP contribution is 1.99. The van der Waals surface area contributed by atoms with Crippen molar-refractivity contribution in [2.24, 2.45) is 5.92 Å². The number of nitrogens with zero attached hydrogens (tertiary/aromatic N) is 3. The zero-order valence-electron chi connectivity index (χ0n) is 11.1. The molecule has 98 valence electrons. The molecule has 0 fully saturated rings. The van der Waals surface area contributed by atoms with Gasteiger partial charge in [-0.05, 0) is 18.9 Å². The van der Waals surface area contributed by atoms with Crippen molar-refractivity contribution in [1.29, 1.82) is 0 Å². The predicted octanol–water partition coefficient (Wildman–Crippen LogP) is 1.13. The van der Waals surface area contributed by atoms with Crippen LogP contribution in [0.5, 0.6) is 0 Å². The van der Waals surface area contributed by atoms with E-state index >= 15 is 0 Å². The average Bonchev–Trinajstić information content (AvgIpc) is 2.80. The summed E-state index contributed by atoms with van der Waals surface area (Å²) >= 11 is 0. The molecule has 0 saturated carbocycles. The van der Waals surface area contributed by atoms with Crippen LogP contribution in [0.15, 0.2) is 29.5 Å². The fourth-order valence-corrected chi connectivity index (χ4v) is 1.79. The third-order valence-corrected chi connectivity index (χ3v) is 3.36. The van der Waals surface area contributed by atoms with Gasteiger partial charge in [-0.1, -0.05) is 13.8 Å². The lowest BCUT2D eigenvalue weighted by Crippen LogP contribution is -2.35. The minimum absolute atomic E-state index is 0.00833. The first-order valence-corrected chi connectivity index (χ1v) is 6.36. The highest BCUT2D eigenvalue weighted by molar-refractivity contribution is 5.42. The molecule has 0 bridgehead atoms. The lowest BCUT2D eigenvalue weighted by atomic mass is 10.1. The van der Waals surface area contributed by atoms with Crippen molar-refractivity contribution in [2.75, 3.05) is 6.54 Å². The molecule has 2 aromatic heterocycles. The van der Waals surface area contributed by atoms with E-state index in [1.807, 2.05) is 6.20 Å². The molecule has 0 amide bonds. The summed E-state index contributed by atoms with van der Waals surface area (Å²) in [6, 6.07) is 2.20. The molecule has 2 rings (SSSR count). The minimum Gasteiger partial charge on any atom is -0.312 e. The molecule has 18 heavy (non-hydrogen) atoms. The second-order valence-electron chi connectivity index (χ2n) is 4.94. The molecule has 2 heterocycles. The number of aromatic nitrogens is 3. The van der Waals surface area contributed by atoms with Crippen molar-refractivity contribution in [1.82, 2.24) is 19.5 Å². The molecule has 1 atom stereocenters. The van der Waals surface area contributed by atoms with Crippen LogP contribution in [0.3, 0.4) is 0 Å². The zero-order chi connectivity index (χ0) is 13.1.